The van der Waals surface area contributed by atoms with Gasteiger partial charge in [-0.25, -0.2) is 0 Å². The maximum Gasteiger partial charge on any atom is 0.178 e. The van der Waals surface area contributed by atoms with Crippen molar-refractivity contribution in [3.05, 3.63) is 30.0 Å². The third-order valence-electron chi connectivity index (χ3n) is 3.77. The van der Waals surface area contributed by atoms with Crippen molar-refractivity contribution in [1.29, 1.82) is 0 Å². The fourth-order valence-corrected chi connectivity index (χ4v) is 2.62. The van der Waals surface area contributed by atoms with Crippen molar-refractivity contribution in [2.24, 2.45) is 0 Å². The average Bonchev–Trinajstić information content (AvgIpc) is 2.91. The summed E-state index contributed by atoms with van der Waals surface area (Å²) in [5.41, 5.74) is 1.70. The minimum absolute atomic E-state index is 0.170. The van der Waals surface area contributed by atoms with Gasteiger partial charge < -0.3 is 15.0 Å². The smallest absolute Gasteiger partial charge is 0.178 e. The van der Waals surface area contributed by atoms with E-state index < -0.39 is 0 Å². The first-order chi connectivity index (χ1) is 9.78. The van der Waals surface area contributed by atoms with Gasteiger partial charge in [-0.05, 0) is 12.1 Å². The molecule has 1 saturated heterocycles. The highest BCUT2D eigenvalue weighted by Crippen LogP contribution is 2.23. The number of carbonyl (C=O) groups excluding carboxylic acids is 1. The van der Waals surface area contributed by atoms with Crippen LogP contribution in [0.5, 0.6) is 5.75 Å². The molecule has 0 bridgehead atoms. The zero-order valence-corrected chi connectivity index (χ0v) is 11.6. The number of aromatic nitrogens is 1. The summed E-state index contributed by atoms with van der Waals surface area (Å²) in [6.07, 6.45) is 1.80. The van der Waals surface area contributed by atoms with E-state index in [4.69, 9.17) is 4.74 Å². The molecular weight excluding hydrogens is 254 g/mol. The molecule has 0 amide bonds. The first-order valence-electron chi connectivity index (χ1n) is 6.89. The van der Waals surface area contributed by atoms with Crippen LogP contribution in [-0.2, 0) is 0 Å². The fourth-order valence-electron chi connectivity index (χ4n) is 2.62. The Morgan fingerprint density at radius 3 is 2.90 bits per heavy atom. The van der Waals surface area contributed by atoms with Crippen LogP contribution in [0.25, 0.3) is 10.9 Å². The first-order valence-corrected chi connectivity index (χ1v) is 6.89. The zero-order valence-electron chi connectivity index (χ0n) is 11.6. The quantitative estimate of drug-likeness (QED) is 0.824. The molecule has 20 heavy (non-hydrogen) atoms. The van der Waals surface area contributed by atoms with E-state index in [0.29, 0.717) is 6.54 Å². The second-order valence-corrected chi connectivity index (χ2v) is 5.06. The van der Waals surface area contributed by atoms with Crippen LogP contribution < -0.4 is 10.1 Å². The summed E-state index contributed by atoms with van der Waals surface area (Å²) in [6.45, 7) is 4.27. The monoisotopic (exact) mass is 273 g/mol. The van der Waals surface area contributed by atoms with Gasteiger partial charge in [0.25, 0.3) is 0 Å². The minimum atomic E-state index is 0.170. The summed E-state index contributed by atoms with van der Waals surface area (Å²) in [4.78, 5) is 17.8. The van der Waals surface area contributed by atoms with Crippen molar-refractivity contribution < 1.29 is 9.53 Å². The molecule has 0 spiro atoms. The highest BCUT2D eigenvalue weighted by Gasteiger charge is 2.17. The number of Topliss-reactive ketones (excluding diaryl/α,β-unsaturated/α-hetero) is 1. The lowest BCUT2D eigenvalue weighted by atomic mass is 10.1. The van der Waals surface area contributed by atoms with Gasteiger partial charge in [0, 0.05) is 54.9 Å². The maximum atomic E-state index is 12.4. The molecule has 1 aromatic heterocycles. The largest absolute Gasteiger partial charge is 0.497 e. The van der Waals surface area contributed by atoms with Gasteiger partial charge in [-0.15, -0.1) is 0 Å². The predicted molar refractivity (Wildman–Crippen MR) is 78.5 cm³/mol. The standard InChI is InChI=1S/C15H19N3O2/c1-20-11-2-3-12-13(9-17-14(12)8-11)15(19)10-18-6-4-16-5-7-18/h2-3,8-9,16-17H,4-7,10H2,1H3. The number of carbonyl (C=O) groups is 1. The Morgan fingerprint density at radius 2 is 2.15 bits per heavy atom. The van der Waals surface area contributed by atoms with Crippen LogP contribution in [0.3, 0.4) is 0 Å². The molecule has 1 aliphatic rings. The number of ketones is 1. The number of rotatable bonds is 4. The number of H-pyrrole nitrogens is 1. The van der Waals surface area contributed by atoms with Gasteiger partial charge in [0.15, 0.2) is 5.78 Å². The number of fused-ring (bicyclic) bond motifs is 1. The molecule has 1 aromatic carbocycles. The summed E-state index contributed by atoms with van der Waals surface area (Å²) in [7, 11) is 1.64. The number of aromatic amines is 1. The lowest BCUT2D eigenvalue weighted by Gasteiger charge is -2.26. The van der Waals surface area contributed by atoms with Crippen molar-refractivity contribution in [2.75, 3.05) is 39.8 Å². The van der Waals surface area contributed by atoms with Gasteiger partial charge in [0.05, 0.1) is 13.7 Å². The van der Waals surface area contributed by atoms with Crippen molar-refractivity contribution in [3.8, 4) is 5.75 Å². The lowest BCUT2D eigenvalue weighted by Crippen LogP contribution is -2.45. The summed E-state index contributed by atoms with van der Waals surface area (Å²) in [5, 5.41) is 4.26. The van der Waals surface area contributed by atoms with E-state index in [1.807, 2.05) is 18.2 Å². The molecule has 1 fully saturated rings. The number of benzene rings is 1. The number of ether oxygens (including phenoxy) is 1. The van der Waals surface area contributed by atoms with Gasteiger partial charge in [0.1, 0.15) is 5.75 Å². The minimum Gasteiger partial charge on any atom is -0.497 e. The van der Waals surface area contributed by atoms with Crippen LogP contribution >= 0.6 is 0 Å². The molecule has 1 aliphatic heterocycles. The van der Waals surface area contributed by atoms with E-state index >= 15 is 0 Å². The molecule has 2 aromatic rings. The summed E-state index contributed by atoms with van der Waals surface area (Å²) in [5.74, 6) is 0.962. The third-order valence-corrected chi connectivity index (χ3v) is 3.77. The van der Waals surface area contributed by atoms with Crippen molar-refractivity contribution in [3.63, 3.8) is 0 Å². The molecule has 5 heteroatoms. The van der Waals surface area contributed by atoms with Gasteiger partial charge in [-0.3, -0.25) is 9.69 Å². The number of methoxy groups -OCH3 is 1. The van der Waals surface area contributed by atoms with Gasteiger partial charge in [-0.1, -0.05) is 0 Å². The normalized spacial score (nSPS) is 16.4. The van der Waals surface area contributed by atoms with Gasteiger partial charge in [0.2, 0.25) is 0 Å². The lowest BCUT2D eigenvalue weighted by molar-refractivity contribution is 0.0923. The highest BCUT2D eigenvalue weighted by molar-refractivity contribution is 6.09. The molecular formula is C15H19N3O2. The zero-order chi connectivity index (χ0) is 13.9. The van der Waals surface area contributed by atoms with Gasteiger partial charge >= 0.3 is 0 Å². The Morgan fingerprint density at radius 1 is 1.35 bits per heavy atom. The molecule has 106 valence electrons. The third kappa shape index (κ3) is 2.55. The van der Waals surface area contributed by atoms with Crippen LogP contribution in [0.1, 0.15) is 10.4 Å². The van der Waals surface area contributed by atoms with E-state index in [0.717, 1.165) is 48.4 Å². The van der Waals surface area contributed by atoms with Crippen LogP contribution in [0.15, 0.2) is 24.4 Å². The number of piperazine rings is 1. The molecule has 3 rings (SSSR count). The molecule has 0 saturated carbocycles. The van der Waals surface area contributed by atoms with E-state index in [9.17, 15) is 4.79 Å². The van der Waals surface area contributed by atoms with Crippen LogP contribution in [-0.4, -0.2) is 55.5 Å². The predicted octanol–water partition coefficient (Wildman–Crippen LogP) is 1.26. The molecule has 0 aliphatic carbocycles. The molecule has 0 unspecified atom stereocenters. The van der Waals surface area contributed by atoms with E-state index in [1.165, 1.54) is 0 Å². The second kappa shape index (κ2) is 5.64. The van der Waals surface area contributed by atoms with Gasteiger partial charge in [-0.2, -0.15) is 0 Å². The second-order valence-electron chi connectivity index (χ2n) is 5.06. The number of hydrogen-bond acceptors (Lipinski definition) is 4. The van der Waals surface area contributed by atoms with Crippen LogP contribution in [0, 0.1) is 0 Å². The molecule has 2 heterocycles. The summed E-state index contributed by atoms with van der Waals surface area (Å²) >= 11 is 0. The fraction of sp³-hybridized carbons (Fsp3) is 0.400. The van der Waals surface area contributed by atoms with Crippen molar-refractivity contribution in [2.45, 2.75) is 0 Å². The number of hydrogen-bond donors (Lipinski definition) is 2. The molecule has 5 nitrogen and oxygen atoms in total. The molecule has 0 atom stereocenters. The van der Waals surface area contributed by atoms with Crippen LogP contribution in [0.4, 0.5) is 0 Å². The number of nitrogens with one attached hydrogen (secondary N) is 2. The Labute approximate surface area is 117 Å². The SMILES string of the molecule is COc1ccc2c(C(=O)CN3CCNCC3)c[nH]c2c1. The number of nitrogens with zero attached hydrogens (tertiary/aromatic N) is 1. The summed E-state index contributed by atoms with van der Waals surface area (Å²) < 4.78 is 5.19. The van der Waals surface area contributed by atoms with E-state index in [-0.39, 0.29) is 5.78 Å². The van der Waals surface area contributed by atoms with E-state index in [1.54, 1.807) is 13.3 Å². The molecule has 2 N–H and O–H groups in total. The molecule has 0 radical (unpaired) electrons. The Kier molecular flexibility index (Phi) is 3.71. The first kappa shape index (κ1) is 13.1. The Balaban J connectivity index is 1.80. The topological polar surface area (TPSA) is 57.4 Å². The van der Waals surface area contributed by atoms with Crippen molar-refractivity contribution >= 4 is 16.7 Å². The van der Waals surface area contributed by atoms with E-state index in [2.05, 4.69) is 15.2 Å². The highest BCUT2D eigenvalue weighted by atomic mass is 16.5. The Bertz CT molecular complexity index is 615. The maximum absolute atomic E-state index is 12.4. The van der Waals surface area contributed by atoms with Crippen LogP contribution in [0.2, 0.25) is 0 Å². The summed E-state index contributed by atoms with van der Waals surface area (Å²) in [6, 6.07) is 5.74. The average molecular weight is 273 g/mol. The van der Waals surface area contributed by atoms with Crippen molar-refractivity contribution in [1.82, 2.24) is 15.2 Å². The Hall–Kier alpha value is -1.85.